The van der Waals surface area contributed by atoms with Crippen LogP contribution in [-0.2, 0) is 0 Å². The van der Waals surface area contributed by atoms with Gasteiger partial charge in [0.1, 0.15) is 11.4 Å². The highest BCUT2D eigenvalue weighted by Crippen LogP contribution is 2.21. The number of carbonyl (C=O) groups is 1. The first-order valence-electron chi connectivity index (χ1n) is 6.42. The summed E-state index contributed by atoms with van der Waals surface area (Å²) in [5.74, 6) is -1.20. The van der Waals surface area contributed by atoms with E-state index in [9.17, 15) is 19.3 Å². The van der Waals surface area contributed by atoms with Gasteiger partial charge >= 0.3 is 0 Å². The maximum absolute atomic E-state index is 13.2. The number of hydrogen-bond donors (Lipinski definition) is 1. The molecule has 1 aliphatic heterocycles. The molecule has 1 N–H and O–H groups in total. The fraction of sp³-hybridized carbons (Fsp3) is 0.462. The topological polar surface area (TPSA) is 75.5 Å². The first-order chi connectivity index (χ1) is 9.49. The largest absolute Gasteiger partial charge is 0.340 e. The number of hydrogen-bond acceptors (Lipinski definition) is 4. The van der Waals surface area contributed by atoms with E-state index in [1.165, 1.54) is 4.90 Å². The van der Waals surface area contributed by atoms with Crippen molar-refractivity contribution in [3.63, 3.8) is 0 Å². The van der Waals surface area contributed by atoms with Crippen molar-refractivity contribution in [1.82, 2.24) is 10.2 Å². The van der Waals surface area contributed by atoms with Gasteiger partial charge in [-0.2, -0.15) is 0 Å². The third-order valence-corrected chi connectivity index (χ3v) is 3.39. The van der Waals surface area contributed by atoms with Crippen molar-refractivity contribution >= 4 is 11.6 Å². The van der Waals surface area contributed by atoms with Crippen LogP contribution in [0.2, 0.25) is 0 Å². The van der Waals surface area contributed by atoms with Crippen molar-refractivity contribution in [2.75, 3.05) is 20.1 Å². The van der Waals surface area contributed by atoms with Gasteiger partial charge in [-0.15, -0.1) is 0 Å². The number of nitrogens with zero attached hydrogens (tertiary/aromatic N) is 2. The van der Waals surface area contributed by atoms with Gasteiger partial charge in [0.25, 0.3) is 11.6 Å². The van der Waals surface area contributed by atoms with E-state index in [1.54, 1.807) is 7.05 Å². The molecule has 1 unspecified atom stereocenters. The SMILES string of the molecule is CN(CC1CCCN1)C(=O)c1cc(F)ccc1[N+](=O)[O-]. The molecule has 1 saturated heterocycles. The van der Waals surface area contributed by atoms with Crippen LogP contribution in [0.5, 0.6) is 0 Å². The molecular weight excluding hydrogens is 265 g/mol. The van der Waals surface area contributed by atoms with Crippen LogP contribution in [0.1, 0.15) is 23.2 Å². The Morgan fingerprint density at radius 3 is 2.95 bits per heavy atom. The fourth-order valence-corrected chi connectivity index (χ4v) is 2.37. The lowest BCUT2D eigenvalue weighted by Crippen LogP contribution is -2.38. The molecule has 1 heterocycles. The molecule has 1 amide bonds. The first kappa shape index (κ1) is 14.4. The van der Waals surface area contributed by atoms with Gasteiger partial charge in [0.05, 0.1) is 4.92 Å². The van der Waals surface area contributed by atoms with Crippen molar-refractivity contribution < 1.29 is 14.1 Å². The molecule has 1 aromatic rings. The molecule has 20 heavy (non-hydrogen) atoms. The maximum Gasteiger partial charge on any atom is 0.282 e. The molecule has 1 aliphatic rings. The molecule has 0 radical (unpaired) electrons. The minimum Gasteiger partial charge on any atom is -0.340 e. The minimum atomic E-state index is -0.672. The molecule has 108 valence electrons. The average Bonchev–Trinajstić information content (AvgIpc) is 2.90. The molecule has 6 nitrogen and oxygen atoms in total. The lowest BCUT2D eigenvalue weighted by molar-refractivity contribution is -0.385. The van der Waals surface area contributed by atoms with Gasteiger partial charge in [0.15, 0.2) is 0 Å². The number of rotatable bonds is 4. The number of nitro benzene ring substituents is 1. The third-order valence-electron chi connectivity index (χ3n) is 3.39. The maximum atomic E-state index is 13.2. The number of amides is 1. The summed E-state index contributed by atoms with van der Waals surface area (Å²) in [6.07, 6.45) is 2.01. The predicted molar refractivity (Wildman–Crippen MR) is 71.0 cm³/mol. The highest BCUT2D eigenvalue weighted by atomic mass is 19.1. The molecule has 7 heteroatoms. The third kappa shape index (κ3) is 3.11. The van der Waals surface area contributed by atoms with Crippen molar-refractivity contribution in [1.29, 1.82) is 0 Å². The van der Waals surface area contributed by atoms with Crippen LogP contribution in [0.4, 0.5) is 10.1 Å². The van der Waals surface area contributed by atoms with E-state index in [2.05, 4.69) is 5.32 Å². The Kier molecular flexibility index (Phi) is 4.29. The fourth-order valence-electron chi connectivity index (χ4n) is 2.37. The highest BCUT2D eigenvalue weighted by molar-refractivity contribution is 5.98. The lowest BCUT2D eigenvalue weighted by Gasteiger charge is -2.21. The van der Waals surface area contributed by atoms with Gasteiger partial charge in [-0.1, -0.05) is 0 Å². The number of likely N-dealkylation sites (N-methyl/N-ethyl adjacent to an activating group) is 1. The summed E-state index contributed by atoms with van der Waals surface area (Å²) < 4.78 is 13.2. The van der Waals surface area contributed by atoms with Crippen LogP contribution >= 0.6 is 0 Å². The Labute approximate surface area is 115 Å². The summed E-state index contributed by atoms with van der Waals surface area (Å²) >= 11 is 0. The number of nitro groups is 1. The summed E-state index contributed by atoms with van der Waals surface area (Å²) in [6, 6.07) is 3.10. The quantitative estimate of drug-likeness (QED) is 0.671. The van der Waals surface area contributed by atoms with Crippen molar-refractivity contribution in [2.45, 2.75) is 18.9 Å². The molecule has 0 aliphatic carbocycles. The molecule has 0 bridgehead atoms. The smallest absolute Gasteiger partial charge is 0.282 e. The highest BCUT2D eigenvalue weighted by Gasteiger charge is 2.25. The van der Waals surface area contributed by atoms with Gasteiger partial charge in [0, 0.05) is 25.7 Å². The van der Waals surface area contributed by atoms with Crippen LogP contribution in [0, 0.1) is 15.9 Å². The Balaban J connectivity index is 2.18. The van der Waals surface area contributed by atoms with E-state index in [1.807, 2.05) is 0 Å². The summed E-state index contributed by atoms with van der Waals surface area (Å²) in [5, 5.41) is 14.1. The molecule has 1 atom stereocenters. The summed E-state index contributed by atoms with van der Waals surface area (Å²) in [6.45, 7) is 1.36. The van der Waals surface area contributed by atoms with Gasteiger partial charge < -0.3 is 10.2 Å². The van der Waals surface area contributed by atoms with E-state index >= 15 is 0 Å². The monoisotopic (exact) mass is 281 g/mol. The van der Waals surface area contributed by atoms with Crippen LogP contribution in [-0.4, -0.2) is 41.9 Å². The van der Waals surface area contributed by atoms with Crippen LogP contribution < -0.4 is 5.32 Å². The standard InChI is InChI=1S/C13H16FN3O3/c1-16(8-10-3-2-6-15-10)13(18)11-7-9(14)4-5-12(11)17(19)20/h4-5,7,10,15H,2-3,6,8H2,1H3. The number of benzene rings is 1. The minimum absolute atomic E-state index is 0.191. The molecule has 0 aromatic heterocycles. The van der Waals surface area contributed by atoms with E-state index in [-0.39, 0.29) is 17.3 Å². The Morgan fingerprint density at radius 1 is 1.60 bits per heavy atom. The lowest BCUT2D eigenvalue weighted by atomic mass is 10.1. The van der Waals surface area contributed by atoms with E-state index in [0.29, 0.717) is 6.54 Å². The van der Waals surface area contributed by atoms with E-state index in [0.717, 1.165) is 37.6 Å². The van der Waals surface area contributed by atoms with Crippen LogP contribution in [0.3, 0.4) is 0 Å². The number of halogens is 1. The first-order valence-corrected chi connectivity index (χ1v) is 6.42. The second kappa shape index (κ2) is 5.96. The zero-order valence-electron chi connectivity index (χ0n) is 11.1. The summed E-state index contributed by atoms with van der Waals surface area (Å²) in [4.78, 5) is 23.9. The molecule has 0 saturated carbocycles. The molecule has 0 spiro atoms. The Hall–Kier alpha value is -2.02. The zero-order chi connectivity index (χ0) is 14.7. The summed E-state index contributed by atoms with van der Waals surface area (Å²) in [5.41, 5.74) is -0.585. The van der Waals surface area contributed by atoms with Crippen molar-refractivity contribution in [3.05, 3.63) is 39.7 Å². The zero-order valence-corrected chi connectivity index (χ0v) is 11.1. The normalized spacial score (nSPS) is 18.0. The van der Waals surface area contributed by atoms with Gasteiger partial charge in [-0.05, 0) is 31.5 Å². The second-order valence-electron chi connectivity index (χ2n) is 4.90. The Bertz CT molecular complexity index is 530. The number of nitrogens with one attached hydrogen (secondary N) is 1. The molecular formula is C13H16FN3O3. The van der Waals surface area contributed by atoms with Gasteiger partial charge in [0.2, 0.25) is 0 Å². The molecule has 1 aromatic carbocycles. The van der Waals surface area contributed by atoms with E-state index in [4.69, 9.17) is 0 Å². The van der Waals surface area contributed by atoms with E-state index < -0.39 is 16.6 Å². The number of carbonyl (C=O) groups excluding carboxylic acids is 1. The second-order valence-corrected chi connectivity index (χ2v) is 4.90. The average molecular weight is 281 g/mol. The van der Waals surface area contributed by atoms with Crippen LogP contribution in [0.25, 0.3) is 0 Å². The van der Waals surface area contributed by atoms with Gasteiger partial charge in [-0.25, -0.2) is 4.39 Å². The Morgan fingerprint density at radius 2 is 2.35 bits per heavy atom. The van der Waals surface area contributed by atoms with Gasteiger partial charge in [-0.3, -0.25) is 14.9 Å². The van der Waals surface area contributed by atoms with Crippen molar-refractivity contribution in [3.8, 4) is 0 Å². The van der Waals surface area contributed by atoms with Crippen molar-refractivity contribution in [2.24, 2.45) is 0 Å². The predicted octanol–water partition coefficient (Wildman–Crippen LogP) is 1.56. The molecule has 2 rings (SSSR count). The summed E-state index contributed by atoms with van der Waals surface area (Å²) in [7, 11) is 1.57. The van der Waals surface area contributed by atoms with Crippen LogP contribution in [0.15, 0.2) is 18.2 Å². The molecule has 1 fully saturated rings.